The molecule has 18 heteroatoms. The summed E-state index contributed by atoms with van der Waals surface area (Å²) in [6.07, 6.45) is 2.57. The van der Waals surface area contributed by atoms with Crippen LogP contribution in [0.2, 0.25) is 0 Å². The molecule has 56 heavy (non-hydrogen) atoms. The number of aliphatic hydroxyl groups is 1. The molecule has 0 aliphatic carbocycles. The molecule has 1 fully saturated rings. The number of quaternary nitrogens is 1. The third kappa shape index (κ3) is 12.3. The van der Waals surface area contributed by atoms with E-state index in [4.69, 9.17) is 20.4 Å². The first kappa shape index (κ1) is 41.3. The van der Waals surface area contributed by atoms with Crippen molar-refractivity contribution >= 4 is 51.9 Å². The minimum absolute atomic E-state index is 0.0155. The van der Waals surface area contributed by atoms with Crippen LogP contribution >= 0.6 is 0 Å². The topological polar surface area (TPSA) is 221 Å². The number of amides is 2. The number of nitrogens with zero attached hydrogens (tertiary/aromatic N) is 6. The lowest BCUT2D eigenvalue weighted by Crippen LogP contribution is -3.17. The maximum Gasteiger partial charge on any atom is 0.332 e. The first-order chi connectivity index (χ1) is 27.6. The number of nitrogens with one attached hydrogen (secondary N) is 2. The van der Waals surface area contributed by atoms with Gasteiger partial charge in [0.05, 0.1) is 56.0 Å². The van der Waals surface area contributed by atoms with Crippen LogP contribution in [0.4, 0.5) is 34.1 Å². The number of esters is 1. The SMILES string of the molecule is [2H]OCC(COC(=O)COCC(=O)NC)C1CCC[NH+]1C(=O)CCCN(CC)c1ccc(N=Nc2cc(OC)c(N=Nc3ccc([N+](=O)[O-])cc3)cc2OC)cc1. The fraction of sp³-hybridized carbons (Fsp3) is 0.447. The van der Waals surface area contributed by atoms with Gasteiger partial charge in [0, 0.05) is 62.9 Å². The number of anilines is 1. The van der Waals surface area contributed by atoms with E-state index in [0.29, 0.717) is 60.2 Å². The summed E-state index contributed by atoms with van der Waals surface area (Å²) >= 11 is 0. The van der Waals surface area contributed by atoms with Gasteiger partial charge in [-0.1, -0.05) is 0 Å². The van der Waals surface area contributed by atoms with Crippen molar-refractivity contribution < 1.29 is 48.3 Å². The summed E-state index contributed by atoms with van der Waals surface area (Å²) in [5.74, 6) is -0.508. The lowest BCUT2D eigenvalue weighted by molar-refractivity contribution is -0.838. The standard InChI is InChI=1S/C38H48N8O10/c1-5-44(18-7-9-37(49)45-19-6-8-33(45)26(22-47)23-56-38(50)25-55-24-36(48)39-2)29-14-10-27(11-15-29)40-42-31-20-35(54-4)32(21-34(31)53-3)43-41-28-12-16-30(17-13-28)46(51)52/h10-17,20-21,26,33,47H,5-9,18-19,22-25H2,1-4H3,(H,39,48)/p+1/i47D. The molecule has 2 amide bonds. The minimum Gasteiger partial charge on any atom is -0.494 e. The number of methoxy groups -OCH3 is 2. The molecule has 0 saturated carbocycles. The summed E-state index contributed by atoms with van der Waals surface area (Å²) in [6.45, 7) is 3.43. The number of hydrogen-bond acceptors (Lipinski definition) is 15. The zero-order chi connectivity index (χ0) is 41.2. The minimum atomic E-state index is -0.633. The average Bonchev–Trinajstić information content (AvgIpc) is 3.72. The van der Waals surface area contributed by atoms with Gasteiger partial charge in [-0.3, -0.25) is 19.8 Å². The second-order valence-corrected chi connectivity index (χ2v) is 12.8. The van der Waals surface area contributed by atoms with E-state index >= 15 is 0 Å². The van der Waals surface area contributed by atoms with Crippen molar-refractivity contribution in [2.24, 2.45) is 26.4 Å². The Morgan fingerprint density at radius 2 is 1.62 bits per heavy atom. The molecule has 3 unspecified atom stereocenters. The molecule has 0 bridgehead atoms. The first-order valence-electron chi connectivity index (χ1n) is 18.6. The van der Waals surface area contributed by atoms with Crippen molar-refractivity contribution in [3.05, 3.63) is 70.8 Å². The summed E-state index contributed by atoms with van der Waals surface area (Å²) in [4.78, 5) is 50.3. The average molecular weight is 779 g/mol. The first-order valence-corrected chi connectivity index (χ1v) is 18.2. The number of azo groups is 2. The maximum absolute atomic E-state index is 13.4. The predicted molar refractivity (Wildman–Crippen MR) is 205 cm³/mol. The molecular weight excluding hydrogens is 728 g/mol. The van der Waals surface area contributed by atoms with Crippen LogP contribution in [0.15, 0.2) is 81.1 Å². The molecule has 3 N–H and O–H groups in total. The molecule has 1 saturated heterocycles. The van der Waals surface area contributed by atoms with Gasteiger partial charge in [-0.05, 0) is 49.7 Å². The fourth-order valence-corrected chi connectivity index (χ4v) is 6.24. The molecule has 1 heterocycles. The van der Waals surface area contributed by atoms with Crippen LogP contribution in [0.1, 0.15) is 32.6 Å². The zero-order valence-electron chi connectivity index (χ0n) is 33.0. The Hall–Kier alpha value is -5.85. The molecule has 300 valence electrons. The Labute approximate surface area is 326 Å². The van der Waals surface area contributed by atoms with Gasteiger partial charge in [0.2, 0.25) is 7.34 Å². The second-order valence-electron chi connectivity index (χ2n) is 12.8. The maximum atomic E-state index is 13.4. The third-order valence-electron chi connectivity index (χ3n) is 9.26. The van der Waals surface area contributed by atoms with E-state index in [1.54, 1.807) is 12.1 Å². The molecule has 1 aliphatic rings. The van der Waals surface area contributed by atoms with Gasteiger partial charge in [0.25, 0.3) is 5.69 Å². The van der Waals surface area contributed by atoms with Gasteiger partial charge in [-0.25, -0.2) is 9.59 Å². The second kappa shape index (κ2) is 21.9. The molecular formula is C38H49N8O10+. The van der Waals surface area contributed by atoms with E-state index in [1.807, 2.05) is 31.2 Å². The number of rotatable bonds is 22. The van der Waals surface area contributed by atoms with Crippen molar-refractivity contribution in [1.82, 2.24) is 5.32 Å². The van der Waals surface area contributed by atoms with Crippen LogP contribution in [-0.4, -0.2) is 103 Å². The number of carbonyl (C=O) groups is 3. The Kier molecular flexibility index (Phi) is 16.2. The van der Waals surface area contributed by atoms with Crippen molar-refractivity contribution in [1.29, 1.82) is 1.43 Å². The van der Waals surface area contributed by atoms with Crippen LogP contribution in [-0.2, 0) is 23.9 Å². The highest BCUT2D eigenvalue weighted by molar-refractivity contribution is 5.77. The largest absolute Gasteiger partial charge is 0.494 e. The number of benzene rings is 3. The Bertz CT molecular complexity index is 1860. The van der Waals surface area contributed by atoms with Crippen molar-refractivity contribution in [3.8, 4) is 11.5 Å². The van der Waals surface area contributed by atoms with Gasteiger partial charge in [0.15, 0.2) is 0 Å². The van der Waals surface area contributed by atoms with E-state index in [-0.39, 0.29) is 55.9 Å². The normalized spacial score (nSPS) is 16.0. The number of aliphatic hydroxyl groups excluding tert-OH is 1. The summed E-state index contributed by atoms with van der Waals surface area (Å²) in [6, 6.07) is 16.3. The number of carbonyl (C=O) groups excluding carboxylic acids is 3. The van der Waals surface area contributed by atoms with Crippen LogP contribution in [0, 0.1) is 16.0 Å². The molecule has 0 radical (unpaired) electrons. The van der Waals surface area contributed by atoms with Crippen LogP contribution in [0.5, 0.6) is 11.5 Å². The number of ether oxygens (including phenoxy) is 4. The highest BCUT2D eigenvalue weighted by Gasteiger charge is 2.39. The molecule has 1 aliphatic heterocycles. The van der Waals surface area contributed by atoms with Crippen molar-refractivity contribution in [2.75, 3.05) is 72.2 Å². The smallest absolute Gasteiger partial charge is 0.332 e. The molecule has 0 aromatic heterocycles. The van der Waals surface area contributed by atoms with Gasteiger partial charge in [-0.15, -0.1) is 10.2 Å². The number of nitro benzene ring substituents is 1. The highest BCUT2D eigenvalue weighted by atomic mass is 16.6. The van der Waals surface area contributed by atoms with E-state index < -0.39 is 10.9 Å². The quantitative estimate of drug-likeness (QED) is 0.0556. The van der Waals surface area contributed by atoms with Crippen LogP contribution < -0.4 is 24.6 Å². The summed E-state index contributed by atoms with van der Waals surface area (Å²) < 4.78 is 28.7. The van der Waals surface area contributed by atoms with E-state index in [2.05, 4.69) is 35.8 Å². The van der Waals surface area contributed by atoms with Crippen LogP contribution in [0.25, 0.3) is 0 Å². The van der Waals surface area contributed by atoms with E-state index in [0.717, 1.165) is 30.0 Å². The van der Waals surface area contributed by atoms with Crippen molar-refractivity contribution in [3.63, 3.8) is 0 Å². The number of nitro groups is 1. The Morgan fingerprint density at radius 1 is 1.00 bits per heavy atom. The highest BCUT2D eigenvalue weighted by Crippen LogP contribution is 2.41. The molecule has 3 aromatic rings. The van der Waals surface area contributed by atoms with E-state index in [9.17, 15) is 24.5 Å². The predicted octanol–water partition coefficient (Wildman–Crippen LogP) is 4.54. The van der Waals surface area contributed by atoms with Gasteiger partial charge >= 0.3 is 11.9 Å². The lowest BCUT2D eigenvalue weighted by Gasteiger charge is -2.26. The Morgan fingerprint density at radius 3 is 2.18 bits per heavy atom. The number of non-ortho nitro benzene ring substituents is 1. The molecule has 18 nitrogen and oxygen atoms in total. The zero-order valence-corrected chi connectivity index (χ0v) is 32.0. The monoisotopic (exact) mass is 778 g/mol. The number of likely N-dealkylation sites (N-methyl/N-ethyl adjacent to an activating group) is 1. The molecule has 3 aromatic carbocycles. The number of likely N-dealkylation sites (tertiary alicyclic amines) is 1. The molecule has 0 spiro atoms. The molecule has 4 rings (SSSR count). The van der Waals surface area contributed by atoms with E-state index in [1.165, 1.54) is 45.5 Å². The summed E-state index contributed by atoms with van der Waals surface area (Å²) in [5, 5.41) is 35.2. The lowest BCUT2D eigenvalue weighted by atomic mass is 9.99. The van der Waals surface area contributed by atoms with Crippen LogP contribution in [0.3, 0.4) is 0 Å². The summed E-state index contributed by atoms with van der Waals surface area (Å²) in [7, 11) is 4.44. The Balaban J connectivity index is 1.31. The van der Waals surface area contributed by atoms with Crippen molar-refractivity contribution in [2.45, 2.75) is 38.6 Å². The van der Waals surface area contributed by atoms with Gasteiger partial charge < -0.3 is 34.3 Å². The molecule has 3 atom stereocenters. The number of hydrogen-bond donors (Lipinski definition) is 3. The fourth-order valence-electron chi connectivity index (χ4n) is 6.24. The third-order valence-corrected chi connectivity index (χ3v) is 9.26. The van der Waals surface area contributed by atoms with Gasteiger partial charge in [-0.2, -0.15) is 10.2 Å². The van der Waals surface area contributed by atoms with Gasteiger partial charge in [0.1, 0.15) is 48.7 Å². The summed E-state index contributed by atoms with van der Waals surface area (Å²) in [5.41, 5.74) is 2.70.